The average molecular weight is 387 g/mol. The summed E-state index contributed by atoms with van der Waals surface area (Å²) in [5.74, 6) is -2.94. The van der Waals surface area contributed by atoms with Crippen LogP contribution in [0.2, 0.25) is 0 Å². The Morgan fingerprint density at radius 1 is 1.26 bits per heavy atom. The molecule has 0 unspecified atom stereocenters. The van der Waals surface area contributed by atoms with Crippen LogP contribution >= 0.6 is 15.9 Å². The van der Waals surface area contributed by atoms with Crippen LogP contribution in [0.25, 0.3) is 0 Å². The van der Waals surface area contributed by atoms with Crippen molar-refractivity contribution in [1.82, 2.24) is 10.3 Å². The first-order valence-corrected chi connectivity index (χ1v) is 7.50. The van der Waals surface area contributed by atoms with Gasteiger partial charge in [0.05, 0.1) is 0 Å². The lowest BCUT2D eigenvalue weighted by Crippen LogP contribution is -2.40. The molecule has 23 heavy (non-hydrogen) atoms. The Labute approximate surface area is 140 Å². The molecule has 3 N–H and O–H groups in total. The number of pyridine rings is 1. The van der Waals surface area contributed by atoms with Crippen LogP contribution in [0.5, 0.6) is 5.88 Å². The van der Waals surface area contributed by atoms with Crippen LogP contribution in [0.3, 0.4) is 0 Å². The van der Waals surface area contributed by atoms with Crippen molar-refractivity contribution in [2.24, 2.45) is 5.41 Å². The smallest absolute Gasteiger partial charge is 0.321 e. The average Bonchev–Trinajstić information content (AvgIpc) is 2.92. The molecule has 8 nitrogen and oxygen atoms in total. The van der Waals surface area contributed by atoms with Gasteiger partial charge in [-0.15, -0.1) is 0 Å². The van der Waals surface area contributed by atoms with Crippen molar-refractivity contribution in [2.75, 3.05) is 13.7 Å². The predicted octanol–water partition coefficient (Wildman–Crippen LogP) is 0.532. The van der Waals surface area contributed by atoms with E-state index < -0.39 is 17.4 Å². The highest BCUT2D eigenvalue weighted by Crippen LogP contribution is 2.43. The van der Waals surface area contributed by atoms with Gasteiger partial charge >= 0.3 is 11.9 Å². The molecule has 0 atom stereocenters. The highest BCUT2D eigenvalue weighted by atomic mass is 79.9. The van der Waals surface area contributed by atoms with Gasteiger partial charge in [0.25, 0.3) is 5.91 Å². The van der Waals surface area contributed by atoms with Gasteiger partial charge in [0, 0.05) is 25.5 Å². The zero-order valence-corrected chi connectivity index (χ0v) is 14.1. The molecule has 0 fully saturated rings. The third kappa shape index (κ3) is 2.88. The number of hydrogen-bond acceptors (Lipinski definition) is 5. The number of fused-ring (bicyclic) bond motifs is 1. The van der Waals surface area contributed by atoms with Crippen molar-refractivity contribution in [2.45, 2.75) is 19.8 Å². The first kappa shape index (κ1) is 17.2. The van der Waals surface area contributed by atoms with Gasteiger partial charge in [-0.2, -0.15) is 0 Å². The Bertz CT molecular complexity index is 689. The quantitative estimate of drug-likeness (QED) is 0.497. The monoisotopic (exact) mass is 386 g/mol. The standard InChI is InChI=1S/C14H15BrN2O6/c1-6-7-3-14(12(19)20,13(21)22)4-8(7)10(15)17-11(6)23-5-9(18)16-2/h3-5H2,1-2H3,(H,16,18)(H,19,20)(H,21,22). The molecule has 1 aliphatic carbocycles. The lowest BCUT2D eigenvalue weighted by molar-refractivity contribution is -0.163. The normalized spacial score (nSPS) is 14.9. The number of hydrogen-bond donors (Lipinski definition) is 3. The number of carbonyl (C=O) groups excluding carboxylic acids is 1. The van der Waals surface area contributed by atoms with E-state index in [0.29, 0.717) is 21.3 Å². The van der Waals surface area contributed by atoms with Crippen molar-refractivity contribution in [3.63, 3.8) is 0 Å². The summed E-state index contributed by atoms with van der Waals surface area (Å²) < 4.78 is 5.66. The first-order chi connectivity index (χ1) is 10.7. The van der Waals surface area contributed by atoms with Crippen molar-refractivity contribution in [3.05, 3.63) is 21.3 Å². The zero-order chi connectivity index (χ0) is 17.4. The molecule has 2 rings (SSSR count). The van der Waals surface area contributed by atoms with Gasteiger partial charge in [-0.3, -0.25) is 14.4 Å². The first-order valence-electron chi connectivity index (χ1n) is 6.71. The Morgan fingerprint density at radius 3 is 2.35 bits per heavy atom. The van der Waals surface area contributed by atoms with Gasteiger partial charge in [-0.05, 0) is 34.0 Å². The summed E-state index contributed by atoms with van der Waals surface area (Å²) in [5.41, 5.74) is -0.254. The van der Waals surface area contributed by atoms with Crippen molar-refractivity contribution < 1.29 is 29.3 Å². The second kappa shape index (κ2) is 6.15. The molecular formula is C14H15BrN2O6. The molecule has 1 aromatic rings. The Morgan fingerprint density at radius 2 is 1.83 bits per heavy atom. The van der Waals surface area contributed by atoms with Crippen molar-refractivity contribution in [1.29, 1.82) is 0 Å². The van der Waals surface area contributed by atoms with Crippen LogP contribution in [-0.2, 0) is 27.2 Å². The van der Waals surface area contributed by atoms with Crippen LogP contribution in [0.4, 0.5) is 0 Å². The third-order valence-corrected chi connectivity index (χ3v) is 4.64. The maximum absolute atomic E-state index is 11.5. The van der Waals surface area contributed by atoms with Gasteiger partial charge < -0.3 is 20.3 Å². The Kier molecular flexibility index (Phi) is 4.60. The lowest BCUT2D eigenvalue weighted by atomic mass is 9.85. The van der Waals surface area contributed by atoms with Crippen LogP contribution in [-0.4, -0.2) is 46.7 Å². The van der Waals surface area contributed by atoms with Gasteiger partial charge in [-0.25, -0.2) is 4.98 Å². The van der Waals surface area contributed by atoms with Crippen LogP contribution in [0, 0.1) is 12.3 Å². The number of likely N-dealkylation sites (N-methyl/N-ethyl adjacent to an activating group) is 1. The molecule has 124 valence electrons. The van der Waals surface area contributed by atoms with E-state index in [4.69, 9.17) is 4.74 Å². The molecule has 1 amide bonds. The fraction of sp³-hybridized carbons (Fsp3) is 0.429. The lowest BCUT2D eigenvalue weighted by Gasteiger charge is -2.17. The molecule has 0 spiro atoms. The van der Waals surface area contributed by atoms with Crippen molar-refractivity contribution >= 4 is 33.8 Å². The molecule has 0 bridgehead atoms. The van der Waals surface area contributed by atoms with Crippen molar-refractivity contribution in [3.8, 4) is 5.88 Å². The molecule has 1 heterocycles. The molecular weight excluding hydrogens is 372 g/mol. The molecule has 1 aromatic heterocycles. The summed E-state index contributed by atoms with van der Waals surface area (Å²) in [6.45, 7) is 1.43. The van der Waals surface area contributed by atoms with Crippen LogP contribution in [0.1, 0.15) is 16.7 Å². The molecule has 0 aromatic carbocycles. The minimum absolute atomic E-state index is 0.156. The number of amides is 1. The number of ether oxygens (including phenoxy) is 1. The molecule has 0 saturated carbocycles. The van der Waals surface area contributed by atoms with E-state index in [9.17, 15) is 24.6 Å². The maximum Gasteiger partial charge on any atom is 0.321 e. The number of halogens is 1. The number of aliphatic carboxylic acids is 2. The van der Waals surface area contributed by atoms with E-state index in [1.54, 1.807) is 6.92 Å². The van der Waals surface area contributed by atoms with E-state index in [1.807, 2.05) is 0 Å². The van der Waals surface area contributed by atoms with Gasteiger partial charge in [0.15, 0.2) is 12.0 Å². The summed E-state index contributed by atoms with van der Waals surface area (Å²) in [6, 6.07) is 0. The Balaban J connectivity index is 2.42. The van der Waals surface area contributed by atoms with E-state index in [2.05, 4.69) is 26.2 Å². The molecule has 1 aliphatic rings. The summed E-state index contributed by atoms with van der Waals surface area (Å²) >= 11 is 3.23. The molecule has 9 heteroatoms. The van der Waals surface area contributed by atoms with Gasteiger partial charge in [-0.1, -0.05) is 0 Å². The summed E-state index contributed by atoms with van der Waals surface area (Å²) in [7, 11) is 1.47. The number of carboxylic acids is 2. The van der Waals surface area contributed by atoms with Gasteiger partial charge in [0.1, 0.15) is 4.60 Å². The topological polar surface area (TPSA) is 126 Å². The summed E-state index contributed by atoms with van der Waals surface area (Å²) in [5, 5.41) is 21.1. The number of carboxylic acid groups (broad SMARTS) is 2. The number of nitrogens with zero attached hydrogens (tertiary/aromatic N) is 1. The van der Waals surface area contributed by atoms with Crippen LogP contribution < -0.4 is 10.1 Å². The fourth-order valence-electron chi connectivity index (χ4n) is 2.55. The third-order valence-electron chi connectivity index (χ3n) is 3.98. The molecule has 0 aliphatic heterocycles. The van der Waals surface area contributed by atoms with Gasteiger partial charge in [0.2, 0.25) is 5.88 Å². The zero-order valence-electron chi connectivity index (χ0n) is 12.5. The summed E-state index contributed by atoms with van der Waals surface area (Å²) in [4.78, 5) is 38.4. The maximum atomic E-state index is 11.5. The van der Waals surface area contributed by atoms with Crippen LogP contribution in [0.15, 0.2) is 4.60 Å². The summed E-state index contributed by atoms with van der Waals surface area (Å²) in [6.07, 6.45) is -0.312. The van der Waals surface area contributed by atoms with E-state index in [1.165, 1.54) is 7.05 Å². The fourth-order valence-corrected chi connectivity index (χ4v) is 3.09. The molecule has 0 radical (unpaired) electrons. The minimum atomic E-state index is -1.91. The largest absolute Gasteiger partial charge is 0.480 e. The second-order valence-electron chi connectivity index (χ2n) is 5.30. The Hall–Kier alpha value is -2.16. The minimum Gasteiger partial charge on any atom is -0.480 e. The number of carbonyl (C=O) groups is 3. The highest BCUT2D eigenvalue weighted by Gasteiger charge is 2.52. The highest BCUT2D eigenvalue weighted by molar-refractivity contribution is 9.10. The number of aromatic nitrogens is 1. The predicted molar refractivity (Wildman–Crippen MR) is 81.3 cm³/mol. The van der Waals surface area contributed by atoms with E-state index in [0.717, 1.165) is 0 Å². The van der Waals surface area contributed by atoms with E-state index >= 15 is 0 Å². The second-order valence-corrected chi connectivity index (χ2v) is 6.05. The SMILES string of the molecule is CNC(=O)COc1nc(Br)c2c(c1C)CC(C(=O)O)(C(=O)O)C2. The number of nitrogens with one attached hydrogen (secondary N) is 1. The number of rotatable bonds is 5. The molecule has 0 saturated heterocycles. The van der Waals surface area contributed by atoms with E-state index in [-0.39, 0.29) is 31.2 Å².